The lowest BCUT2D eigenvalue weighted by Crippen LogP contribution is -2.37. The van der Waals surface area contributed by atoms with Crippen molar-refractivity contribution in [2.75, 3.05) is 6.54 Å². The van der Waals surface area contributed by atoms with Gasteiger partial charge in [-0.2, -0.15) is 5.10 Å². The first-order chi connectivity index (χ1) is 7.74. The van der Waals surface area contributed by atoms with Crippen LogP contribution in [0.3, 0.4) is 0 Å². The highest BCUT2D eigenvalue weighted by Gasteiger charge is 2.34. The molecule has 1 aliphatic carbocycles. The summed E-state index contributed by atoms with van der Waals surface area (Å²) in [5, 5.41) is 8.31. The highest BCUT2D eigenvalue weighted by atomic mass is 35.5. The van der Waals surface area contributed by atoms with Crippen molar-refractivity contribution in [3.05, 3.63) is 22.5 Å². The van der Waals surface area contributed by atoms with Gasteiger partial charge < -0.3 is 4.90 Å². The van der Waals surface area contributed by atoms with Crippen LogP contribution in [0.5, 0.6) is 0 Å². The molecule has 0 radical (unpaired) electrons. The molecule has 0 unspecified atom stereocenters. The summed E-state index contributed by atoms with van der Waals surface area (Å²) in [6, 6.07) is 1.85. The molecule has 1 fully saturated rings. The Labute approximate surface area is 98.6 Å². The van der Waals surface area contributed by atoms with Gasteiger partial charge in [-0.1, -0.05) is 11.6 Å². The first-order valence-corrected chi connectivity index (χ1v) is 5.91. The molecule has 0 bridgehead atoms. The zero-order valence-corrected chi connectivity index (χ0v) is 9.57. The zero-order valence-electron chi connectivity index (χ0n) is 8.82. The Bertz CT molecular complexity index is 445. The van der Waals surface area contributed by atoms with E-state index < -0.39 is 0 Å². The molecule has 2 heterocycles. The predicted octanol–water partition coefficient (Wildman–Crippen LogP) is 1.42. The number of nitrogens with zero attached hydrogens (tertiary/aromatic N) is 3. The third-order valence-corrected chi connectivity index (χ3v) is 3.34. The van der Waals surface area contributed by atoms with Gasteiger partial charge in [-0.3, -0.25) is 4.79 Å². The minimum absolute atomic E-state index is 0.279. The van der Waals surface area contributed by atoms with E-state index in [-0.39, 0.29) is 11.8 Å². The molecule has 1 aliphatic heterocycles. The Hall–Kier alpha value is -1.16. The fourth-order valence-corrected chi connectivity index (χ4v) is 2.24. The summed E-state index contributed by atoms with van der Waals surface area (Å²) in [5.41, 5.74) is 2.02. The van der Waals surface area contributed by atoms with E-state index in [0.29, 0.717) is 11.7 Å². The second-order valence-electron chi connectivity index (χ2n) is 4.42. The number of carbonyl (C=O) groups is 1. The molecule has 5 heteroatoms. The van der Waals surface area contributed by atoms with Gasteiger partial charge in [0.1, 0.15) is 0 Å². The molecular formula is C11H12ClN3O. The molecule has 3 rings (SSSR count). The van der Waals surface area contributed by atoms with Gasteiger partial charge in [0, 0.05) is 12.5 Å². The van der Waals surface area contributed by atoms with Crippen LogP contribution < -0.4 is 0 Å². The maximum Gasteiger partial charge on any atom is 0.226 e. The van der Waals surface area contributed by atoms with E-state index in [9.17, 15) is 4.79 Å². The van der Waals surface area contributed by atoms with Crippen LogP contribution in [0.1, 0.15) is 24.1 Å². The standard InChI is InChI=1S/C11H12ClN3O/c12-10-5-8-3-4-15(6-9(8)13-14-10)11(16)7-1-2-7/h5,7H,1-4,6H2. The number of hydrogen-bond donors (Lipinski definition) is 0. The van der Waals surface area contributed by atoms with Gasteiger partial charge in [0.05, 0.1) is 12.2 Å². The lowest BCUT2D eigenvalue weighted by atomic mass is 10.1. The van der Waals surface area contributed by atoms with Crippen LogP contribution in [-0.2, 0) is 17.8 Å². The fourth-order valence-electron chi connectivity index (χ4n) is 2.07. The number of halogens is 1. The number of rotatable bonds is 1. The Kier molecular flexibility index (Phi) is 2.32. The Morgan fingerprint density at radius 2 is 2.25 bits per heavy atom. The van der Waals surface area contributed by atoms with E-state index in [4.69, 9.17) is 11.6 Å². The molecule has 1 aromatic rings. The van der Waals surface area contributed by atoms with Gasteiger partial charge in [-0.15, -0.1) is 5.10 Å². The molecule has 0 saturated heterocycles. The van der Waals surface area contributed by atoms with Crippen LogP contribution in [0.15, 0.2) is 6.07 Å². The number of fused-ring (bicyclic) bond motifs is 1. The van der Waals surface area contributed by atoms with Gasteiger partial charge >= 0.3 is 0 Å². The van der Waals surface area contributed by atoms with Crippen LogP contribution in [0.4, 0.5) is 0 Å². The normalized spacial score (nSPS) is 19.4. The summed E-state index contributed by atoms with van der Waals surface area (Å²) in [6.07, 6.45) is 2.94. The largest absolute Gasteiger partial charge is 0.336 e. The molecular weight excluding hydrogens is 226 g/mol. The molecule has 0 spiro atoms. The highest BCUT2D eigenvalue weighted by Crippen LogP contribution is 2.32. The lowest BCUT2D eigenvalue weighted by Gasteiger charge is -2.27. The molecule has 4 nitrogen and oxygen atoms in total. The third-order valence-electron chi connectivity index (χ3n) is 3.16. The average molecular weight is 238 g/mol. The van der Waals surface area contributed by atoms with Gasteiger partial charge in [-0.05, 0) is 30.9 Å². The molecule has 0 aromatic carbocycles. The maximum absolute atomic E-state index is 11.9. The number of amides is 1. The second kappa shape index (κ2) is 3.70. The van der Waals surface area contributed by atoms with Crippen LogP contribution in [0.2, 0.25) is 5.15 Å². The van der Waals surface area contributed by atoms with Crippen molar-refractivity contribution >= 4 is 17.5 Å². The molecule has 1 saturated carbocycles. The average Bonchev–Trinajstić information content (AvgIpc) is 3.11. The minimum atomic E-state index is 0.279. The summed E-state index contributed by atoms with van der Waals surface area (Å²) in [7, 11) is 0. The summed E-state index contributed by atoms with van der Waals surface area (Å²) in [6.45, 7) is 1.37. The Balaban J connectivity index is 1.80. The number of hydrogen-bond acceptors (Lipinski definition) is 3. The van der Waals surface area contributed by atoms with Crippen molar-refractivity contribution in [1.82, 2.24) is 15.1 Å². The van der Waals surface area contributed by atoms with Crippen LogP contribution in [0, 0.1) is 5.92 Å². The first-order valence-electron chi connectivity index (χ1n) is 5.54. The predicted molar refractivity (Wildman–Crippen MR) is 58.9 cm³/mol. The van der Waals surface area contributed by atoms with Gasteiger partial charge in [-0.25, -0.2) is 0 Å². The number of carbonyl (C=O) groups excluding carboxylic acids is 1. The third kappa shape index (κ3) is 1.78. The van der Waals surface area contributed by atoms with Crippen molar-refractivity contribution in [2.24, 2.45) is 5.92 Å². The maximum atomic E-state index is 11.9. The van der Waals surface area contributed by atoms with Crippen molar-refractivity contribution in [3.8, 4) is 0 Å². The Morgan fingerprint density at radius 1 is 1.44 bits per heavy atom. The molecule has 2 aliphatic rings. The Morgan fingerprint density at radius 3 is 3.00 bits per heavy atom. The monoisotopic (exact) mass is 237 g/mol. The van der Waals surface area contributed by atoms with Crippen LogP contribution >= 0.6 is 11.6 Å². The van der Waals surface area contributed by atoms with E-state index in [0.717, 1.165) is 37.1 Å². The zero-order chi connectivity index (χ0) is 11.1. The summed E-state index contributed by atoms with van der Waals surface area (Å²) in [5.74, 6) is 0.559. The molecule has 0 atom stereocenters. The second-order valence-corrected chi connectivity index (χ2v) is 4.81. The highest BCUT2D eigenvalue weighted by molar-refractivity contribution is 6.29. The van der Waals surface area contributed by atoms with Crippen molar-refractivity contribution < 1.29 is 4.79 Å². The summed E-state index contributed by atoms with van der Waals surface area (Å²) in [4.78, 5) is 13.8. The molecule has 1 amide bonds. The van der Waals surface area contributed by atoms with E-state index in [2.05, 4.69) is 10.2 Å². The van der Waals surface area contributed by atoms with E-state index >= 15 is 0 Å². The summed E-state index contributed by atoms with van der Waals surface area (Å²) >= 11 is 5.78. The number of aromatic nitrogens is 2. The quantitative estimate of drug-likeness (QED) is 0.742. The van der Waals surface area contributed by atoms with E-state index in [1.807, 2.05) is 11.0 Å². The van der Waals surface area contributed by atoms with Crippen molar-refractivity contribution in [1.29, 1.82) is 0 Å². The van der Waals surface area contributed by atoms with E-state index in [1.54, 1.807) is 0 Å². The molecule has 16 heavy (non-hydrogen) atoms. The van der Waals surface area contributed by atoms with Gasteiger partial charge in [0.15, 0.2) is 5.15 Å². The molecule has 1 aromatic heterocycles. The summed E-state index contributed by atoms with van der Waals surface area (Å²) < 4.78 is 0. The smallest absolute Gasteiger partial charge is 0.226 e. The van der Waals surface area contributed by atoms with Crippen LogP contribution in [-0.4, -0.2) is 27.5 Å². The fraction of sp³-hybridized carbons (Fsp3) is 0.545. The SMILES string of the molecule is O=C(C1CC1)N1CCc2cc(Cl)nnc2C1. The molecule has 0 N–H and O–H groups in total. The topological polar surface area (TPSA) is 46.1 Å². The van der Waals surface area contributed by atoms with Crippen molar-refractivity contribution in [3.63, 3.8) is 0 Å². The van der Waals surface area contributed by atoms with Gasteiger partial charge in [0.25, 0.3) is 0 Å². The minimum Gasteiger partial charge on any atom is -0.336 e. The van der Waals surface area contributed by atoms with Crippen molar-refractivity contribution in [2.45, 2.75) is 25.8 Å². The first kappa shape index (κ1) is 10.0. The van der Waals surface area contributed by atoms with Gasteiger partial charge in [0.2, 0.25) is 5.91 Å². The lowest BCUT2D eigenvalue weighted by molar-refractivity contribution is -0.133. The van der Waals surface area contributed by atoms with E-state index in [1.165, 1.54) is 0 Å². The van der Waals surface area contributed by atoms with Crippen LogP contribution in [0.25, 0.3) is 0 Å². The molecule has 84 valence electrons.